The molecular weight excluding hydrogens is 184 g/mol. The Morgan fingerprint density at radius 1 is 1.64 bits per heavy atom. The van der Waals surface area contributed by atoms with Gasteiger partial charge in [0.2, 0.25) is 0 Å². The maximum atomic E-state index is 11.0. The molecule has 3 unspecified atom stereocenters. The van der Waals surface area contributed by atoms with E-state index in [2.05, 4.69) is 4.74 Å². The zero-order valence-corrected chi connectivity index (χ0v) is 8.47. The Hall–Kier alpha value is -1.03. The van der Waals surface area contributed by atoms with Crippen LogP contribution in [0, 0.1) is 5.92 Å². The van der Waals surface area contributed by atoms with Crippen molar-refractivity contribution in [1.29, 1.82) is 0 Å². The summed E-state index contributed by atoms with van der Waals surface area (Å²) in [6, 6.07) is 0. The van der Waals surface area contributed by atoms with Gasteiger partial charge in [0.15, 0.2) is 0 Å². The Bertz CT molecular complexity index is 224. The van der Waals surface area contributed by atoms with Gasteiger partial charge in [-0.05, 0) is 19.3 Å². The molecule has 0 bridgehead atoms. The van der Waals surface area contributed by atoms with E-state index < -0.39 is 18.4 Å². The number of allylic oxidation sites excluding steroid dienone is 1. The third kappa shape index (κ3) is 2.73. The highest BCUT2D eigenvalue weighted by molar-refractivity contribution is 5.60. The van der Waals surface area contributed by atoms with Gasteiger partial charge in [-0.1, -0.05) is 19.1 Å². The lowest BCUT2D eigenvalue weighted by Gasteiger charge is -2.28. The molecule has 0 amide bonds. The Morgan fingerprint density at radius 2 is 2.36 bits per heavy atom. The highest BCUT2D eigenvalue weighted by Crippen LogP contribution is 2.22. The van der Waals surface area contributed by atoms with Gasteiger partial charge in [-0.3, -0.25) is 0 Å². The zero-order chi connectivity index (χ0) is 10.6. The van der Waals surface area contributed by atoms with Gasteiger partial charge in [0.1, 0.15) is 12.2 Å². The molecule has 4 heteroatoms. The first-order chi connectivity index (χ1) is 6.65. The van der Waals surface area contributed by atoms with Crippen molar-refractivity contribution in [1.82, 2.24) is 0 Å². The highest BCUT2D eigenvalue weighted by atomic mass is 16.7. The molecule has 0 aliphatic heterocycles. The van der Waals surface area contributed by atoms with E-state index in [0.717, 1.165) is 6.42 Å². The van der Waals surface area contributed by atoms with Crippen LogP contribution in [0.4, 0.5) is 4.79 Å². The van der Waals surface area contributed by atoms with Gasteiger partial charge in [0.25, 0.3) is 0 Å². The molecule has 0 radical (unpaired) electrons. The van der Waals surface area contributed by atoms with Crippen molar-refractivity contribution in [2.75, 3.05) is 6.61 Å². The van der Waals surface area contributed by atoms with Crippen LogP contribution in [0.3, 0.4) is 0 Å². The molecule has 1 N–H and O–H groups in total. The molecule has 80 valence electrons. The lowest BCUT2D eigenvalue weighted by Crippen LogP contribution is -2.37. The molecule has 0 spiro atoms. The van der Waals surface area contributed by atoms with Crippen molar-refractivity contribution >= 4 is 6.16 Å². The maximum Gasteiger partial charge on any atom is 0.508 e. The van der Waals surface area contributed by atoms with Crippen molar-refractivity contribution in [2.45, 2.75) is 32.5 Å². The Balaban J connectivity index is 2.49. The fourth-order valence-electron chi connectivity index (χ4n) is 1.46. The smallest absolute Gasteiger partial charge is 0.435 e. The van der Waals surface area contributed by atoms with Gasteiger partial charge in [-0.15, -0.1) is 0 Å². The van der Waals surface area contributed by atoms with Gasteiger partial charge in [0, 0.05) is 0 Å². The van der Waals surface area contributed by atoms with Crippen molar-refractivity contribution in [3.05, 3.63) is 12.2 Å². The monoisotopic (exact) mass is 200 g/mol. The van der Waals surface area contributed by atoms with Gasteiger partial charge in [0.05, 0.1) is 6.61 Å². The first kappa shape index (κ1) is 11.0. The minimum atomic E-state index is -0.719. The molecule has 3 atom stereocenters. The van der Waals surface area contributed by atoms with Crippen LogP contribution in [0.25, 0.3) is 0 Å². The van der Waals surface area contributed by atoms with Crippen molar-refractivity contribution < 1.29 is 19.4 Å². The van der Waals surface area contributed by atoms with E-state index in [4.69, 9.17) is 4.74 Å². The quantitative estimate of drug-likeness (QED) is 0.542. The molecule has 1 aliphatic carbocycles. The fourth-order valence-corrected chi connectivity index (χ4v) is 1.46. The Morgan fingerprint density at radius 3 is 2.93 bits per heavy atom. The van der Waals surface area contributed by atoms with E-state index in [9.17, 15) is 9.90 Å². The second kappa shape index (κ2) is 5.00. The number of hydrogen-bond acceptors (Lipinski definition) is 4. The lowest BCUT2D eigenvalue weighted by molar-refractivity contribution is -0.0408. The Labute approximate surface area is 83.5 Å². The average molecular weight is 200 g/mol. The third-order valence-corrected chi connectivity index (χ3v) is 2.23. The van der Waals surface area contributed by atoms with Crippen LogP contribution in [0.5, 0.6) is 0 Å². The number of rotatable bonds is 2. The predicted octanol–water partition coefficient (Wildman–Crippen LogP) is 1.49. The minimum Gasteiger partial charge on any atom is -0.435 e. The fraction of sp³-hybridized carbons (Fsp3) is 0.700. The predicted molar refractivity (Wildman–Crippen MR) is 50.8 cm³/mol. The Kier molecular flexibility index (Phi) is 3.95. The first-order valence-corrected chi connectivity index (χ1v) is 4.83. The van der Waals surface area contributed by atoms with Gasteiger partial charge < -0.3 is 14.6 Å². The van der Waals surface area contributed by atoms with Crippen LogP contribution >= 0.6 is 0 Å². The van der Waals surface area contributed by atoms with E-state index in [1.165, 1.54) is 0 Å². The van der Waals surface area contributed by atoms with Gasteiger partial charge >= 0.3 is 6.16 Å². The van der Waals surface area contributed by atoms with Crippen molar-refractivity contribution in [2.24, 2.45) is 5.92 Å². The molecule has 0 saturated heterocycles. The first-order valence-electron chi connectivity index (χ1n) is 4.83. The number of carbonyl (C=O) groups is 1. The van der Waals surface area contributed by atoms with Crippen LogP contribution in [0.1, 0.15) is 20.3 Å². The standard InChI is InChI=1S/C10H16O4/c1-3-13-10(12)14-9-7(2)5-4-6-8(9)11/h4,6-9,11H,3,5H2,1-2H3. The minimum absolute atomic E-state index is 0.124. The molecule has 0 fully saturated rings. The molecule has 1 aliphatic rings. The van der Waals surface area contributed by atoms with Crippen LogP contribution in [0.15, 0.2) is 12.2 Å². The largest absolute Gasteiger partial charge is 0.508 e. The van der Waals surface area contributed by atoms with Crippen LogP contribution in [0.2, 0.25) is 0 Å². The SMILES string of the molecule is CCOC(=O)OC1C(O)C=CCC1C. The van der Waals surface area contributed by atoms with E-state index >= 15 is 0 Å². The molecule has 1 rings (SSSR count). The second-order valence-electron chi connectivity index (χ2n) is 3.40. The normalized spacial score (nSPS) is 31.2. The molecule has 0 heterocycles. The van der Waals surface area contributed by atoms with Crippen LogP contribution in [-0.4, -0.2) is 30.1 Å². The van der Waals surface area contributed by atoms with E-state index in [0.29, 0.717) is 0 Å². The molecule has 0 aromatic carbocycles. The summed E-state index contributed by atoms with van der Waals surface area (Å²) in [6.07, 6.45) is 2.42. The molecule has 0 aromatic rings. The molecule has 14 heavy (non-hydrogen) atoms. The molecule has 0 aromatic heterocycles. The topological polar surface area (TPSA) is 55.8 Å². The molecule has 4 nitrogen and oxygen atoms in total. The highest BCUT2D eigenvalue weighted by Gasteiger charge is 2.30. The van der Waals surface area contributed by atoms with E-state index in [1.54, 1.807) is 13.0 Å². The number of ether oxygens (including phenoxy) is 2. The summed E-state index contributed by atoms with van der Waals surface area (Å²) in [5.41, 5.74) is 0. The number of aliphatic hydroxyl groups excluding tert-OH is 1. The summed E-state index contributed by atoms with van der Waals surface area (Å²) in [4.78, 5) is 11.0. The summed E-state index contributed by atoms with van der Waals surface area (Å²) in [5, 5.41) is 9.54. The van der Waals surface area contributed by atoms with Gasteiger partial charge in [-0.2, -0.15) is 0 Å². The van der Waals surface area contributed by atoms with Crippen LogP contribution < -0.4 is 0 Å². The summed E-state index contributed by atoms with van der Waals surface area (Å²) in [6.45, 7) is 3.92. The average Bonchev–Trinajstić information content (AvgIpc) is 2.12. The van der Waals surface area contributed by atoms with E-state index in [-0.39, 0.29) is 12.5 Å². The van der Waals surface area contributed by atoms with E-state index in [1.807, 2.05) is 13.0 Å². The third-order valence-electron chi connectivity index (χ3n) is 2.23. The lowest BCUT2D eigenvalue weighted by atomic mass is 9.91. The molecular formula is C10H16O4. The second-order valence-corrected chi connectivity index (χ2v) is 3.40. The number of aliphatic hydroxyl groups is 1. The summed E-state index contributed by atoms with van der Waals surface area (Å²) in [5.74, 6) is 0.124. The van der Waals surface area contributed by atoms with Gasteiger partial charge in [-0.25, -0.2) is 4.79 Å². The number of carbonyl (C=O) groups excluding carboxylic acids is 1. The molecule has 0 saturated carbocycles. The van der Waals surface area contributed by atoms with Crippen molar-refractivity contribution in [3.63, 3.8) is 0 Å². The summed E-state index contributed by atoms with van der Waals surface area (Å²) in [7, 11) is 0. The van der Waals surface area contributed by atoms with Crippen LogP contribution in [-0.2, 0) is 9.47 Å². The maximum absolute atomic E-state index is 11.0. The van der Waals surface area contributed by atoms with Crippen molar-refractivity contribution in [3.8, 4) is 0 Å². The number of hydrogen-bond donors (Lipinski definition) is 1. The summed E-state index contributed by atoms with van der Waals surface area (Å²) < 4.78 is 9.64. The summed E-state index contributed by atoms with van der Waals surface area (Å²) >= 11 is 0. The zero-order valence-electron chi connectivity index (χ0n) is 8.47.